The zero-order valence-corrected chi connectivity index (χ0v) is 13.9. The molecule has 3 rings (SSSR count). The number of hydrogen-bond acceptors (Lipinski definition) is 2. The molecule has 2 aromatic rings. The molecule has 1 aliphatic heterocycles. The molecule has 2 atom stereocenters. The zero-order valence-electron chi connectivity index (χ0n) is 13.9. The minimum atomic E-state index is -0.421. The molecule has 0 unspecified atom stereocenters. The van der Waals surface area contributed by atoms with Gasteiger partial charge in [0.1, 0.15) is 12.4 Å². The summed E-state index contributed by atoms with van der Waals surface area (Å²) in [5, 5.41) is 0. The number of carbonyl (C=O) groups excluding carboxylic acids is 1. The van der Waals surface area contributed by atoms with Crippen LogP contribution in [0.25, 0.3) is 0 Å². The fourth-order valence-corrected chi connectivity index (χ4v) is 3.20. The van der Waals surface area contributed by atoms with Gasteiger partial charge in [0.15, 0.2) is 0 Å². The van der Waals surface area contributed by atoms with Crippen LogP contribution in [0.5, 0.6) is 0 Å². The molecule has 0 bridgehead atoms. The Morgan fingerprint density at radius 2 is 1.84 bits per heavy atom. The van der Waals surface area contributed by atoms with Crippen LogP contribution in [-0.2, 0) is 11.3 Å². The highest BCUT2D eigenvalue weighted by Gasteiger charge is 2.33. The molecule has 132 valence electrons. The van der Waals surface area contributed by atoms with Crippen LogP contribution in [0.3, 0.4) is 0 Å². The highest BCUT2D eigenvalue weighted by Crippen LogP contribution is 2.35. The summed E-state index contributed by atoms with van der Waals surface area (Å²) < 4.78 is 31.8. The van der Waals surface area contributed by atoms with E-state index in [2.05, 4.69) is 0 Å². The lowest BCUT2D eigenvalue weighted by atomic mass is 9.88. The average molecular weight is 345 g/mol. The zero-order chi connectivity index (χ0) is 17.6. The maximum Gasteiger partial charge on any atom is 0.410 e. The van der Waals surface area contributed by atoms with E-state index in [1.807, 2.05) is 30.3 Å². The van der Waals surface area contributed by atoms with Crippen molar-refractivity contribution in [1.82, 2.24) is 4.90 Å². The van der Waals surface area contributed by atoms with Crippen LogP contribution in [0.2, 0.25) is 0 Å². The van der Waals surface area contributed by atoms with Gasteiger partial charge in [-0.25, -0.2) is 9.18 Å². The maximum absolute atomic E-state index is 13.2. The highest BCUT2D eigenvalue weighted by atomic mass is 19.1. The van der Waals surface area contributed by atoms with Crippen molar-refractivity contribution in [2.75, 3.05) is 13.2 Å². The summed E-state index contributed by atoms with van der Waals surface area (Å²) in [5.41, 5.74) is 1.71. The average Bonchev–Trinajstić information content (AvgIpc) is 2.67. The van der Waals surface area contributed by atoms with E-state index in [1.54, 1.807) is 17.0 Å². The Labute approximate surface area is 146 Å². The van der Waals surface area contributed by atoms with E-state index in [1.165, 1.54) is 12.1 Å². The van der Waals surface area contributed by atoms with E-state index < -0.39 is 12.8 Å². The summed E-state index contributed by atoms with van der Waals surface area (Å²) in [5.74, 6) is -0.423. The van der Waals surface area contributed by atoms with Gasteiger partial charge in [-0.15, -0.1) is 0 Å². The molecule has 0 aliphatic carbocycles. The molecule has 0 N–H and O–H groups in total. The van der Waals surface area contributed by atoms with Crippen LogP contribution >= 0.6 is 0 Å². The van der Waals surface area contributed by atoms with Crippen LogP contribution in [0.1, 0.15) is 30.0 Å². The molecule has 0 aromatic heterocycles. The van der Waals surface area contributed by atoms with E-state index in [0.29, 0.717) is 19.4 Å². The van der Waals surface area contributed by atoms with E-state index in [0.717, 1.165) is 11.1 Å². The molecular formula is C20H21F2NO2. The van der Waals surface area contributed by atoms with Gasteiger partial charge in [0.2, 0.25) is 0 Å². The van der Waals surface area contributed by atoms with E-state index >= 15 is 0 Å². The van der Waals surface area contributed by atoms with Gasteiger partial charge < -0.3 is 9.64 Å². The van der Waals surface area contributed by atoms with E-state index in [9.17, 15) is 13.6 Å². The van der Waals surface area contributed by atoms with Crippen molar-refractivity contribution in [3.05, 3.63) is 71.5 Å². The molecule has 2 aromatic carbocycles. The number of ether oxygens (including phenoxy) is 1. The first-order valence-corrected chi connectivity index (χ1v) is 8.46. The van der Waals surface area contributed by atoms with Crippen LogP contribution in [0, 0.1) is 11.7 Å². The van der Waals surface area contributed by atoms with Crippen LogP contribution in [-0.4, -0.2) is 24.2 Å². The van der Waals surface area contributed by atoms with Gasteiger partial charge in [-0.1, -0.05) is 42.5 Å². The van der Waals surface area contributed by atoms with Gasteiger partial charge in [-0.3, -0.25) is 4.39 Å². The SMILES string of the molecule is O=C(OCc1ccccc1)N1CC[C@H](CF)C[C@@H]1c1ccc(F)cc1. The van der Waals surface area contributed by atoms with Crippen molar-refractivity contribution in [1.29, 1.82) is 0 Å². The Bertz CT molecular complexity index is 691. The summed E-state index contributed by atoms with van der Waals surface area (Å²) >= 11 is 0. The van der Waals surface area contributed by atoms with Gasteiger partial charge in [0, 0.05) is 6.54 Å². The van der Waals surface area contributed by atoms with Crippen molar-refractivity contribution in [2.45, 2.75) is 25.5 Å². The summed E-state index contributed by atoms with van der Waals surface area (Å²) in [4.78, 5) is 14.2. The smallest absolute Gasteiger partial charge is 0.410 e. The molecular weight excluding hydrogens is 324 g/mol. The first kappa shape index (κ1) is 17.4. The largest absolute Gasteiger partial charge is 0.445 e. The number of likely N-dealkylation sites (tertiary alicyclic amines) is 1. The number of amides is 1. The van der Waals surface area contributed by atoms with Gasteiger partial charge in [0.05, 0.1) is 12.7 Å². The number of benzene rings is 2. The molecule has 5 heteroatoms. The summed E-state index contributed by atoms with van der Waals surface area (Å²) in [6.07, 6.45) is 0.701. The number of piperidine rings is 1. The van der Waals surface area contributed by atoms with Gasteiger partial charge in [-0.2, -0.15) is 0 Å². The molecule has 0 saturated carbocycles. The standard InChI is InChI=1S/C20H21F2NO2/c21-13-16-10-11-23(19(12-16)17-6-8-18(22)9-7-17)20(24)25-14-15-4-2-1-3-5-15/h1-9,16,19H,10-14H2/t16-,19+/m0/s1. The minimum absolute atomic E-state index is 0.0896. The minimum Gasteiger partial charge on any atom is -0.445 e. The fraction of sp³-hybridized carbons (Fsp3) is 0.350. The Morgan fingerprint density at radius 1 is 1.12 bits per heavy atom. The molecule has 3 nitrogen and oxygen atoms in total. The van der Waals surface area contributed by atoms with Gasteiger partial charge >= 0.3 is 6.09 Å². The van der Waals surface area contributed by atoms with Crippen molar-refractivity contribution < 1.29 is 18.3 Å². The topological polar surface area (TPSA) is 29.5 Å². The second kappa shape index (κ2) is 8.10. The fourth-order valence-electron chi connectivity index (χ4n) is 3.20. The second-order valence-electron chi connectivity index (χ2n) is 6.35. The number of halogens is 2. The summed E-state index contributed by atoms with van der Waals surface area (Å²) in [6.45, 7) is 0.216. The maximum atomic E-state index is 13.2. The Hall–Kier alpha value is -2.43. The van der Waals surface area contributed by atoms with Crippen molar-refractivity contribution in [3.8, 4) is 0 Å². The lowest BCUT2D eigenvalue weighted by Gasteiger charge is -2.38. The van der Waals surface area contributed by atoms with Crippen molar-refractivity contribution in [3.63, 3.8) is 0 Å². The third-order valence-electron chi connectivity index (χ3n) is 4.62. The molecule has 0 spiro atoms. The summed E-state index contributed by atoms with van der Waals surface area (Å²) in [6, 6.07) is 15.2. The summed E-state index contributed by atoms with van der Waals surface area (Å²) in [7, 11) is 0. The molecule has 1 amide bonds. The second-order valence-corrected chi connectivity index (χ2v) is 6.35. The third-order valence-corrected chi connectivity index (χ3v) is 4.62. The van der Waals surface area contributed by atoms with E-state index in [-0.39, 0.29) is 24.4 Å². The molecule has 1 aliphatic rings. The molecule has 0 radical (unpaired) electrons. The van der Waals surface area contributed by atoms with E-state index in [4.69, 9.17) is 4.74 Å². The predicted octanol–water partition coefficient (Wildman–Crippen LogP) is 4.89. The molecule has 1 saturated heterocycles. The Morgan fingerprint density at radius 3 is 2.52 bits per heavy atom. The molecule has 1 fully saturated rings. The quantitative estimate of drug-likeness (QED) is 0.790. The molecule has 25 heavy (non-hydrogen) atoms. The lowest BCUT2D eigenvalue weighted by molar-refractivity contribution is 0.0530. The van der Waals surface area contributed by atoms with Crippen LogP contribution in [0.15, 0.2) is 54.6 Å². The van der Waals surface area contributed by atoms with Crippen molar-refractivity contribution in [2.24, 2.45) is 5.92 Å². The monoisotopic (exact) mass is 345 g/mol. The number of carbonyl (C=O) groups is 1. The first-order valence-electron chi connectivity index (χ1n) is 8.46. The van der Waals surface area contributed by atoms with Crippen LogP contribution < -0.4 is 0 Å². The Balaban J connectivity index is 1.72. The highest BCUT2D eigenvalue weighted by molar-refractivity contribution is 5.68. The van der Waals surface area contributed by atoms with Crippen molar-refractivity contribution >= 4 is 6.09 Å². The third kappa shape index (κ3) is 4.35. The first-order chi connectivity index (χ1) is 12.2. The lowest BCUT2D eigenvalue weighted by Crippen LogP contribution is -2.41. The number of rotatable bonds is 4. The van der Waals surface area contributed by atoms with Gasteiger partial charge in [0.25, 0.3) is 0 Å². The number of alkyl halides is 1. The normalized spacial score (nSPS) is 20.3. The van der Waals surface area contributed by atoms with Gasteiger partial charge in [-0.05, 0) is 42.0 Å². The molecule has 1 heterocycles. The van der Waals surface area contributed by atoms with Crippen LogP contribution in [0.4, 0.5) is 13.6 Å². The number of nitrogens with zero attached hydrogens (tertiary/aromatic N) is 1. The Kier molecular flexibility index (Phi) is 5.64. The number of hydrogen-bond donors (Lipinski definition) is 0. The predicted molar refractivity (Wildman–Crippen MR) is 91.2 cm³/mol.